The van der Waals surface area contributed by atoms with Crippen LogP contribution in [-0.2, 0) is 6.42 Å². The van der Waals surface area contributed by atoms with Gasteiger partial charge in [-0.1, -0.05) is 43.5 Å². The molecule has 2 N–H and O–H groups in total. The maximum Gasteiger partial charge on any atom is 0.166 e. The molecule has 3 rings (SSSR count). The molecule has 0 saturated heterocycles. The summed E-state index contributed by atoms with van der Waals surface area (Å²) in [5, 5.41) is 7.70. The van der Waals surface area contributed by atoms with Crippen molar-refractivity contribution >= 4 is 17.3 Å². The third kappa shape index (κ3) is 3.08. The predicted octanol–water partition coefficient (Wildman–Crippen LogP) is 3.12. The van der Waals surface area contributed by atoms with Crippen LogP contribution >= 0.6 is 12.2 Å². The second kappa shape index (κ2) is 5.91. The Hall–Kier alpha value is -1.09. The number of benzene rings is 1. The number of rotatable bonds is 3. The third-order valence-electron chi connectivity index (χ3n) is 4.41. The van der Waals surface area contributed by atoms with E-state index in [0.717, 1.165) is 11.7 Å². The molecule has 0 amide bonds. The third-order valence-corrected chi connectivity index (χ3v) is 4.67. The van der Waals surface area contributed by atoms with Crippen molar-refractivity contribution in [1.29, 1.82) is 0 Å². The molecule has 2 aliphatic carbocycles. The average Bonchev–Trinajstić information content (AvgIpc) is 2.41. The van der Waals surface area contributed by atoms with Crippen LogP contribution in [0, 0.1) is 0 Å². The minimum Gasteiger partial charge on any atom is -0.362 e. The van der Waals surface area contributed by atoms with Gasteiger partial charge in [0.05, 0.1) is 0 Å². The van der Waals surface area contributed by atoms with E-state index >= 15 is 0 Å². The first-order valence-corrected chi connectivity index (χ1v) is 7.86. The molecule has 2 nitrogen and oxygen atoms in total. The molecule has 0 radical (unpaired) electrons. The van der Waals surface area contributed by atoms with E-state index in [1.54, 1.807) is 0 Å². The molecule has 0 spiro atoms. The number of thiocarbonyl (C=S) groups is 1. The fraction of sp³-hybridized carbons (Fsp3) is 0.562. The zero-order chi connectivity index (χ0) is 13.1. The van der Waals surface area contributed by atoms with E-state index in [-0.39, 0.29) is 0 Å². The van der Waals surface area contributed by atoms with Gasteiger partial charge in [0.15, 0.2) is 5.11 Å². The summed E-state index contributed by atoms with van der Waals surface area (Å²) in [7, 11) is 0. The normalized spacial score (nSPS) is 22.2. The van der Waals surface area contributed by atoms with Crippen molar-refractivity contribution < 1.29 is 0 Å². The first-order chi connectivity index (χ1) is 9.33. The molecule has 19 heavy (non-hydrogen) atoms. The summed E-state index contributed by atoms with van der Waals surface area (Å²) in [5.41, 5.74) is 3.00. The summed E-state index contributed by atoms with van der Waals surface area (Å²) >= 11 is 5.40. The summed E-state index contributed by atoms with van der Waals surface area (Å²) in [4.78, 5) is 0. The predicted molar refractivity (Wildman–Crippen MR) is 83.5 cm³/mol. The van der Waals surface area contributed by atoms with Crippen molar-refractivity contribution in [2.24, 2.45) is 0 Å². The highest BCUT2D eigenvalue weighted by atomic mass is 32.1. The van der Waals surface area contributed by atoms with E-state index in [1.807, 2.05) is 0 Å². The van der Waals surface area contributed by atoms with Crippen LogP contribution in [0.1, 0.15) is 49.1 Å². The van der Waals surface area contributed by atoms with Crippen LogP contribution in [0.25, 0.3) is 0 Å². The monoisotopic (exact) mass is 274 g/mol. The lowest BCUT2D eigenvalue weighted by Gasteiger charge is -2.31. The zero-order valence-corrected chi connectivity index (χ0v) is 12.1. The zero-order valence-electron chi connectivity index (χ0n) is 11.3. The number of hydrogen-bond acceptors (Lipinski definition) is 1. The maximum absolute atomic E-state index is 5.40. The van der Waals surface area contributed by atoms with Crippen LogP contribution in [0.4, 0.5) is 0 Å². The van der Waals surface area contributed by atoms with E-state index in [4.69, 9.17) is 12.2 Å². The summed E-state index contributed by atoms with van der Waals surface area (Å²) in [6.07, 6.45) is 7.81. The molecule has 3 heteroatoms. The Balaban J connectivity index is 1.42. The van der Waals surface area contributed by atoms with Crippen molar-refractivity contribution in [3.05, 3.63) is 35.4 Å². The second-order valence-corrected chi connectivity index (χ2v) is 6.20. The molecule has 1 aromatic carbocycles. The SMILES string of the molecule is S=C(NCC1Cc2ccccc21)NC1CCCCC1. The maximum atomic E-state index is 5.40. The van der Waals surface area contributed by atoms with Gasteiger partial charge in [0.1, 0.15) is 0 Å². The average molecular weight is 274 g/mol. The van der Waals surface area contributed by atoms with Gasteiger partial charge in [0.2, 0.25) is 0 Å². The van der Waals surface area contributed by atoms with E-state index in [1.165, 1.54) is 49.7 Å². The quantitative estimate of drug-likeness (QED) is 0.828. The van der Waals surface area contributed by atoms with Crippen molar-refractivity contribution in [3.63, 3.8) is 0 Å². The number of hydrogen-bond donors (Lipinski definition) is 2. The van der Waals surface area contributed by atoms with Crippen LogP contribution in [0.2, 0.25) is 0 Å². The summed E-state index contributed by atoms with van der Waals surface area (Å²) in [6, 6.07) is 9.32. The van der Waals surface area contributed by atoms with Crippen LogP contribution in [-0.4, -0.2) is 17.7 Å². The molecule has 1 atom stereocenters. The van der Waals surface area contributed by atoms with Gasteiger partial charge in [-0.05, 0) is 42.6 Å². The lowest BCUT2D eigenvalue weighted by Crippen LogP contribution is -2.44. The van der Waals surface area contributed by atoms with E-state index in [9.17, 15) is 0 Å². The smallest absolute Gasteiger partial charge is 0.166 e. The molecule has 2 aliphatic rings. The van der Waals surface area contributed by atoms with Gasteiger partial charge in [0.25, 0.3) is 0 Å². The highest BCUT2D eigenvalue weighted by molar-refractivity contribution is 7.80. The van der Waals surface area contributed by atoms with Crippen molar-refractivity contribution in [3.8, 4) is 0 Å². The van der Waals surface area contributed by atoms with Crippen molar-refractivity contribution in [2.45, 2.75) is 50.5 Å². The van der Waals surface area contributed by atoms with Gasteiger partial charge < -0.3 is 10.6 Å². The minimum atomic E-state index is 0.599. The van der Waals surface area contributed by atoms with Gasteiger partial charge in [-0.25, -0.2) is 0 Å². The van der Waals surface area contributed by atoms with Crippen LogP contribution in [0.15, 0.2) is 24.3 Å². The highest BCUT2D eigenvalue weighted by Gasteiger charge is 2.25. The van der Waals surface area contributed by atoms with Gasteiger partial charge in [-0.15, -0.1) is 0 Å². The molecule has 0 aromatic heterocycles. The number of fused-ring (bicyclic) bond motifs is 1. The molecule has 1 fully saturated rings. The molecule has 1 unspecified atom stereocenters. The second-order valence-electron chi connectivity index (χ2n) is 5.79. The molecule has 0 aliphatic heterocycles. The largest absolute Gasteiger partial charge is 0.362 e. The Morgan fingerprint density at radius 3 is 2.74 bits per heavy atom. The molecule has 102 valence electrons. The molecule has 0 bridgehead atoms. The lowest BCUT2D eigenvalue weighted by molar-refractivity contribution is 0.411. The Bertz CT molecular complexity index is 452. The summed E-state index contributed by atoms with van der Waals surface area (Å²) in [5.74, 6) is 0.641. The van der Waals surface area contributed by atoms with Gasteiger partial charge >= 0.3 is 0 Å². The number of nitrogens with one attached hydrogen (secondary N) is 2. The van der Waals surface area contributed by atoms with Crippen LogP contribution in [0.3, 0.4) is 0 Å². The minimum absolute atomic E-state index is 0.599. The first kappa shape index (κ1) is 12.9. The topological polar surface area (TPSA) is 24.1 Å². The van der Waals surface area contributed by atoms with Gasteiger partial charge in [-0.3, -0.25) is 0 Å². The van der Waals surface area contributed by atoms with Crippen molar-refractivity contribution in [2.75, 3.05) is 6.54 Å². The Morgan fingerprint density at radius 2 is 1.95 bits per heavy atom. The van der Waals surface area contributed by atoms with Gasteiger partial charge in [-0.2, -0.15) is 0 Å². The Kier molecular flexibility index (Phi) is 4.02. The van der Waals surface area contributed by atoms with Crippen LogP contribution < -0.4 is 10.6 Å². The van der Waals surface area contributed by atoms with E-state index in [2.05, 4.69) is 34.9 Å². The molecule has 1 saturated carbocycles. The van der Waals surface area contributed by atoms with Crippen molar-refractivity contribution in [1.82, 2.24) is 10.6 Å². The highest BCUT2D eigenvalue weighted by Crippen LogP contribution is 2.33. The van der Waals surface area contributed by atoms with E-state index < -0.39 is 0 Å². The van der Waals surface area contributed by atoms with Gasteiger partial charge in [0, 0.05) is 18.5 Å². The Morgan fingerprint density at radius 1 is 1.16 bits per heavy atom. The first-order valence-electron chi connectivity index (χ1n) is 7.45. The van der Waals surface area contributed by atoms with Crippen LogP contribution in [0.5, 0.6) is 0 Å². The summed E-state index contributed by atoms with van der Waals surface area (Å²) < 4.78 is 0. The molecular weight excluding hydrogens is 252 g/mol. The molecule has 0 heterocycles. The molecule has 1 aromatic rings. The lowest BCUT2D eigenvalue weighted by atomic mass is 9.78. The molecular formula is C16H22N2S. The Labute approximate surface area is 121 Å². The fourth-order valence-electron chi connectivity index (χ4n) is 3.24. The summed E-state index contributed by atoms with van der Waals surface area (Å²) in [6.45, 7) is 0.968. The fourth-order valence-corrected chi connectivity index (χ4v) is 3.49. The van der Waals surface area contributed by atoms with E-state index in [0.29, 0.717) is 12.0 Å². The standard InChI is InChI=1S/C16H22N2S/c19-16(18-14-7-2-1-3-8-14)17-11-13-10-12-6-4-5-9-15(12)13/h4-6,9,13-14H,1-3,7-8,10-11H2,(H2,17,18,19).